The number of hydrogen-bond donors (Lipinski definition) is 2. The van der Waals surface area contributed by atoms with Crippen LogP contribution in [0.1, 0.15) is 25.3 Å². The summed E-state index contributed by atoms with van der Waals surface area (Å²) in [7, 11) is 3.73. The molecule has 1 aromatic heterocycles. The molecule has 37 heavy (non-hydrogen) atoms. The molecular formula is C28H32ClN5O3. The van der Waals surface area contributed by atoms with E-state index >= 15 is 0 Å². The van der Waals surface area contributed by atoms with Gasteiger partial charge in [0, 0.05) is 18.3 Å². The van der Waals surface area contributed by atoms with Gasteiger partial charge < -0.3 is 25.0 Å². The summed E-state index contributed by atoms with van der Waals surface area (Å²) in [6.45, 7) is 11.9. The average Bonchev–Trinajstić information content (AvgIpc) is 2.89. The molecule has 3 aromatic rings. The summed E-state index contributed by atoms with van der Waals surface area (Å²) in [4.78, 5) is 22.5. The van der Waals surface area contributed by atoms with Crippen LogP contribution in [0.5, 0.6) is 17.4 Å². The molecule has 1 heterocycles. The average molecular weight is 522 g/mol. The zero-order valence-electron chi connectivity index (χ0n) is 21.4. The minimum atomic E-state index is -0.323. The van der Waals surface area contributed by atoms with Gasteiger partial charge in [-0.15, -0.1) is 0 Å². The van der Waals surface area contributed by atoms with Crippen molar-refractivity contribution in [3.63, 3.8) is 0 Å². The van der Waals surface area contributed by atoms with Gasteiger partial charge in [0.1, 0.15) is 16.5 Å². The first kappa shape index (κ1) is 27.7. The molecule has 2 aromatic carbocycles. The Balaban J connectivity index is 1.74. The van der Waals surface area contributed by atoms with Crippen LogP contribution in [0, 0.1) is 0 Å². The molecule has 0 saturated carbocycles. The smallest absolute Gasteiger partial charge is 0.247 e. The third-order valence-corrected chi connectivity index (χ3v) is 5.73. The molecule has 9 heteroatoms. The number of nitrogens with zero attached hydrogens (tertiary/aromatic N) is 3. The highest BCUT2D eigenvalue weighted by Gasteiger charge is 2.13. The maximum absolute atomic E-state index is 11.6. The van der Waals surface area contributed by atoms with Crippen molar-refractivity contribution in [2.75, 3.05) is 37.9 Å². The molecule has 0 unspecified atom stereocenters. The van der Waals surface area contributed by atoms with E-state index in [2.05, 4.69) is 52.6 Å². The zero-order valence-corrected chi connectivity index (χ0v) is 22.1. The van der Waals surface area contributed by atoms with Crippen molar-refractivity contribution in [3.8, 4) is 17.4 Å². The van der Waals surface area contributed by atoms with Crippen molar-refractivity contribution in [3.05, 3.63) is 78.5 Å². The number of halogens is 1. The van der Waals surface area contributed by atoms with E-state index in [9.17, 15) is 4.79 Å². The van der Waals surface area contributed by atoms with E-state index in [1.165, 1.54) is 12.3 Å². The monoisotopic (exact) mass is 521 g/mol. The van der Waals surface area contributed by atoms with Gasteiger partial charge in [-0.25, -0.2) is 4.98 Å². The molecule has 2 N–H and O–H groups in total. The Morgan fingerprint density at radius 2 is 2.03 bits per heavy atom. The Labute approximate surface area is 223 Å². The molecule has 194 valence electrons. The molecule has 8 nitrogen and oxygen atoms in total. The molecule has 0 radical (unpaired) electrons. The van der Waals surface area contributed by atoms with Gasteiger partial charge >= 0.3 is 0 Å². The molecule has 1 amide bonds. The fraction of sp³-hybridized carbons (Fsp3) is 0.250. The number of anilines is 3. The molecule has 0 aliphatic heterocycles. The van der Waals surface area contributed by atoms with E-state index in [0.29, 0.717) is 22.9 Å². The molecule has 3 rings (SSSR count). The predicted octanol–water partition coefficient (Wildman–Crippen LogP) is 6.54. The highest BCUT2D eigenvalue weighted by Crippen LogP contribution is 2.33. The lowest BCUT2D eigenvalue weighted by Gasteiger charge is -2.17. The van der Waals surface area contributed by atoms with Gasteiger partial charge in [0.25, 0.3) is 0 Å². The van der Waals surface area contributed by atoms with Crippen LogP contribution in [-0.4, -0.2) is 48.0 Å². The van der Waals surface area contributed by atoms with Crippen molar-refractivity contribution in [2.45, 2.75) is 19.8 Å². The molecule has 0 spiro atoms. The second-order valence-corrected chi connectivity index (χ2v) is 8.77. The summed E-state index contributed by atoms with van der Waals surface area (Å²) in [6, 6.07) is 12.7. The topological polar surface area (TPSA) is 88.6 Å². The van der Waals surface area contributed by atoms with Crippen molar-refractivity contribution in [1.82, 2.24) is 14.9 Å². The van der Waals surface area contributed by atoms with Crippen LogP contribution in [0.3, 0.4) is 0 Å². The lowest BCUT2D eigenvalue weighted by molar-refractivity contribution is -0.111. The van der Waals surface area contributed by atoms with Crippen LogP contribution in [0.4, 0.5) is 17.3 Å². The molecule has 0 aliphatic carbocycles. The Morgan fingerprint density at radius 1 is 1.22 bits per heavy atom. The fourth-order valence-corrected chi connectivity index (χ4v) is 3.65. The van der Waals surface area contributed by atoms with Gasteiger partial charge in [0.2, 0.25) is 17.7 Å². The van der Waals surface area contributed by atoms with Crippen molar-refractivity contribution in [2.24, 2.45) is 0 Å². The van der Waals surface area contributed by atoms with Gasteiger partial charge in [-0.1, -0.05) is 43.8 Å². The van der Waals surface area contributed by atoms with E-state index < -0.39 is 0 Å². The highest BCUT2D eigenvalue weighted by molar-refractivity contribution is 6.31. The lowest BCUT2D eigenvalue weighted by atomic mass is 10.0. The van der Waals surface area contributed by atoms with E-state index in [1.807, 2.05) is 18.2 Å². The molecule has 0 saturated heterocycles. The van der Waals surface area contributed by atoms with Crippen LogP contribution in [0.25, 0.3) is 5.57 Å². The largest absolute Gasteiger partial charge is 0.495 e. The van der Waals surface area contributed by atoms with Gasteiger partial charge in [-0.2, -0.15) is 4.98 Å². The van der Waals surface area contributed by atoms with Crippen LogP contribution in [0.15, 0.2) is 67.9 Å². The minimum absolute atomic E-state index is 0.159. The van der Waals surface area contributed by atoms with E-state index in [-0.39, 0.29) is 22.8 Å². The molecule has 0 atom stereocenters. The van der Waals surface area contributed by atoms with Crippen molar-refractivity contribution >= 4 is 40.4 Å². The first-order valence-corrected chi connectivity index (χ1v) is 12.3. The third kappa shape index (κ3) is 8.06. The second kappa shape index (κ2) is 13.4. The first-order valence-electron chi connectivity index (χ1n) is 11.9. The van der Waals surface area contributed by atoms with Gasteiger partial charge in [-0.3, -0.25) is 4.79 Å². The van der Waals surface area contributed by atoms with Crippen LogP contribution >= 0.6 is 11.6 Å². The van der Waals surface area contributed by atoms with Crippen LogP contribution in [0.2, 0.25) is 5.02 Å². The maximum atomic E-state index is 11.6. The normalized spacial score (nSPS) is 10.6. The number of ether oxygens (including phenoxy) is 2. The van der Waals surface area contributed by atoms with Crippen LogP contribution in [-0.2, 0) is 4.79 Å². The summed E-state index contributed by atoms with van der Waals surface area (Å²) in [5.74, 6) is 1.19. The standard InChI is InChI=1S/C28H32ClN5O3/c1-6-14-34(4)15-13-19(3)20-11-12-24(25(16-20)36-5)32-28-30-18-23(29)27(33-28)37-22-10-8-9-21(17-22)31-26(35)7-2/h7-12,16-18H,2-3,6,13-15H2,1,4-5H3,(H,31,35)(H,30,32,33). The van der Waals surface area contributed by atoms with E-state index in [4.69, 9.17) is 21.1 Å². The number of rotatable bonds is 13. The number of hydrogen-bond acceptors (Lipinski definition) is 7. The highest BCUT2D eigenvalue weighted by atomic mass is 35.5. The Bertz CT molecular complexity index is 1260. The number of benzene rings is 2. The fourth-order valence-electron chi connectivity index (χ4n) is 3.52. The van der Waals surface area contributed by atoms with E-state index in [0.717, 1.165) is 37.1 Å². The predicted molar refractivity (Wildman–Crippen MR) is 150 cm³/mol. The first-order chi connectivity index (χ1) is 17.8. The van der Waals surface area contributed by atoms with Gasteiger partial charge in [-0.05, 0) is 67.9 Å². The van der Waals surface area contributed by atoms with Gasteiger partial charge in [0.05, 0.1) is 19.0 Å². The Kier molecular flexibility index (Phi) is 10.1. The zero-order chi connectivity index (χ0) is 26.8. The lowest BCUT2D eigenvalue weighted by Crippen LogP contribution is -2.20. The maximum Gasteiger partial charge on any atom is 0.247 e. The number of nitrogens with one attached hydrogen (secondary N) is 2. The Hall–Kier alpha value is -3.88. The molecular weight excluding hydrogens is 490 g/mol. The summed E-state index contributed by atoms with van der Waals surface area (Å²) in [5, 5.41) is 6.08. The number of aromatic nitrogens is 2. The molecule has 0 aliphatic rings. The van der Waals surface area contributed by atoms with Crippen molar-refractivity contribution < 1.29 is 14.3 Å². The number of methoxy groups -OCH3 is 1. The number of carbonyl (C=O) groups excluding carboxylic acids is 1. The Morgan fingerprint density at radius 3 is 2.76 bits per heavy atom. The molecule has 0 fully saturated rings. The van der Waals surface area contributed by atoms with E-state index in [1.54, 1.807) is 31.4 Å². The molecule has 0 bridgehead atoms. The quantitative estimate of drug-likeness (QED) is 0.247. The van der Waals surface area contributed by atoms with Gasteiger partial charge in [0.15, 0.2) is 0 Å². The second-order valence-electron chi connectivity index (χ2n) is 8.37. The summed E-state index contributed by atoms with van der Waals surface area (Å²) >= 11 is 6.28. The number of carbonyl (C=O) groups is 1. The third-order valence-electron chi connectivity index (χ3n) is 5.47. The summed E-state index contributed by atoms with van der Waals surface area (Å²) in [6.07, 6.45) is 4.63. The summed E-state index contributed by atoms with van der Waals surface area (Å²) < 4.78 is 11.5. The number of amides is 1. The van der Waals surface area contributed by atoms with Crippen molar-refractivity contribution in [1.29, 1.82) is 0 Å². The van der Waals surface area contributed by atoms with Crippen LogP contribution < -0.4 is 20.1 Å². The minimum Gasteiger partial charge on any atom is -0.495 e. The SMILES string of the molecule is C=CC(=O)Nc1cccc(Oc2nc(Nc3ccc(C(=C)CCN(C)CCC)cc3OC)ncc2Cl)c1. The summed E-state index contributed by atoms with van der Waals surface area (Å²) in [5.41, 5.74) is 3.29.